The highest BCUT2D eigenvalue weighted by atomic mass is 35.5. The fraction of sp³-hybridized carbons (Fsp3) is 0.417. The Morgan fingerprint density at radius 1 is 1.24 bits per heavy atom. The minimum absolute atomic E-state index is 0.0230. The van der Waals surface area contributed by atoms with E-state index in [9.17, 15) is 4.79 Å². The molecule has 0 aliphatic rings. The molecule has 0 heterocycles. The number of benzene rings is 1. The zero-order chi connectivity index (χ0) is 12.8. The van der Waals surface area contributed by atoms with E-state index in [-0.39, 0.29) is 5.91 Å². The molecule has 0 radical (unpaired) electrons. The Balaban J connectivity index is 2.45. The summed E-state index contributed by atoms with van der Waals surface area (Å²) in [7, 11) is 3.92. The minimum atomic E-state index is -0.0230. The SMILES string of the molecule is CN(C)CCNC(=O)Cc1cc(Cl)cc(Cl)c1. The molecule has 0 aromatic heterocycles. The van der Waals surface area contributed by atoms with Gasteiger partial charge in [-0.05, 0) is 37.9 Å². The molecule has 0 unspecified atom stereocenters. The van der Waals surface area contributed by atoms with Gasteiger partial charge in [0.15, 0.2) is 0 Å². The third-order valence-corrected chi connectivity index (χ3v) is 2.60. The number of carbonyl (C=O) groups excluding carboxylic acids is 1. The van der Waals surface area contributed by atoms with Crippen LogP contribution in [-0.2, 0) is 11.2 Å². The Morgan fingerprint density at radius 2 is 1.82 bits per heavy atom. The van der Waals surface area contributed by atoms with Crippen LogP contribution in [0.5, 0.6) is 0 Å². The predicted octanol–water partition coefficient (Wildman–Crippen LogP) is 2.21. The molecule has 17 heavy (non-hydrogen) atoms. The van der Waals surface area contributed by atoms with Crippen LogP contribution in [0.15, 0.2) is 18.2 Å². The fourth-order valence-electron chi connectivity index (χ4n) is 1.38. The second kappa shape index (κ2) is 6.84. The molecule has 3 nitrogen and oxygen atoms in total. The lowest BCUT2D eigenvalue weighted by Gasteiger charge is -2.10. The number of rotatable bonds is 5. The number of hydrogen-bond acceptors (Lipinski definition) is 2. The number of halogens is 2. The average molecular weight is 275 g/mol. The maximum Gasteiger partial charge on any atom is 0.224 e. The monoisotopic (exact) mass is 274 g/mol. The average Bonchev–Trinajstić information content (AvgIpc) is 2.14. The number of amides is 1. The van der Waals surface area contributed by atoms with E-state index in [0.717, 1.165) is 12.1 Å². The molecule has 0 fully saturated rings. The van der Waals surface area contributed by atoms with Crippen molar-refractivity contribution in [1.29, 1.82) is 0 Å². The summed E-state index contributed by atoms with van der Waals surface area (Å²) in [6, 6.07) is 5.15. The Bertz CT molecular complexity index is 374. The van der Waals surface area contributed by atoms with Crippen molar-refractivity contribution in [2.24, 2.45) is 0 Å². The molecule has 94 valence electrons. The summed E-state index contributed by atoms with van der Waals surface area (Å²) in [4.78, 5) is 13.6. The van der Waals surface area contributed by atoms with E-state index in [2.05, 4.69) is 5.32 Å². The zero-order valence-corrected chi connectivity index (χ0v) is 11.5. The second-order valence-electron chi connectivity index (χ2n) is 4.11. The summed E-state index contributed by atoms with van der Waals surface area (Å²) in [6.45, 7) is 1.46. The van der Waals surface area contributed by atoms with Gasteiger partial charge in [0.2, 0.25) is 5.91 Å². The second-order valence-corrected chi connectivity index (χ2v) is 4.98. The molecule has 0 spiro atoms. The Hall–Kier alpha value is -0.770. The molecular formula is C12H16Cl2N2O. The van der Waals surface area contributed by atoms with E-state index in [4.69, 9.17) is 23.2 Å². The van der Waals surface area contributed by atoms with Crippen molar-refractivity contribution >= 4 is 29.1 Å². The highest BCUT2D eigenvalue weighted by Crippen LogP contribution is 2.19. The van der Waals surface area contributed by atoms with Crippen molar-refractivity contribution in [2.45, 2.75) is 6.42 Å². The standard InChI is InChI=1S/C12H16Cl2N2O/c1-16(2)4-3-15-12(17)7-9-5-10(13)8-11(14)6-9/h5-6,8H,3-4,7H2,1-2H3,(H,15,17). The third kappa shape index (κ3) is 5.91. The topological polar surface area (TPSA) is 32.3 Å². The fourth-order valence-corrected chi connectivity index (χ4v) is 1.95. The van der Waals surface area contributed by atoms with Crippen LogP contribution in [0.2, 0.25) is 10.0 Å². The van der Waals surface area contributed by atoms with Gasteiger partial charge in [0.05, 0.1) is 6.42 Å². The quantitative estimate of drug-likeness (QED) is 0.893. The summed E-state index contributed by atoms with van der Waals surface area (Å²) in [5.74, 6) is -0.0230. The van der Waals surface area contributed by atoms with Gasteiger partial charge in [-0.25, -0.2) is 0 Å². The molecule has 1 aromatic carbocycles. The smallest absolute Gasteiger partial charge is 0.224 e. The lowest BCUT2D eigenvalue weighted by Crippen LogP contribution is -2.32. The van der Waals surface area contributed by atoms with Crippen LogP contribution in [0.3, 0.4) is 0 Å². The van der Waals surface area contributed by atoms with Crippen LogP contribution in [0, 0.1) is 0 Å². The van der Waals surface area contributed by atoms with E-state index in [1.54, 1.807) is 18.2 Å². The summed E-state index contributed by atoms with van der Waals surface area (Å²) in [6.07, 6.45) is 0.299. The van der Waals surface area contributed by atoms with Gasteiger partial charge in [0, 0.05) is 23.1 Å². The molecule has 0 aliphatic heterocycles. The largest absolute Gasteiger partial charge is 0.355 e. The predicted molar refractivity (Wildman–Crippen MR) is 71.7 cm³/mol. The van der Waals surface area contributed by atoms with Crippen molar-refractivity contribution in [3.63, 3.8) is 0 Å². The first-order chi connectivity index (χ1) is 7.97. The number of carbonyl (C=O) groups is 1. The van der Waals surface area contributed by atoms with E-state index in [0.29, 0.717) is 23.0 Å². The van der Waals surface area contributed by atoms with Crippen molar-refractivity contribution in [3.8, 4) is 0 Å². The van der Waals surface area contributed by atoms with Crippen LogP contribution in [0.4, 0.5) is 0 Å². The van der Waals surface area contributed by atoms with Gasteiger partial charge in [0.1, 0.15) is 0 Å². The maximum atomic E-state index is 11.6. The Morgan fingerprint density at radius 3 is 2.35 bits per heavy atom. The first kappa shape index (κ1) is 14.3. The zero-order valence-electron chi connectivity index (χ0n) is 9.96. The molecule has 1 amide bonds. The van der Waals surface area contributed by atoms with Crippen LogP contribution in [-0.4, -0.2) is 38.0 Å². The third-order valence-electron chi connectivity index (χ3n) is 2.17. The van der Waals surface area contributed by atoms with Crippen molar-refractivity contribution in [1.82, 2.24) is 10.2 Å². The van der Waals surface area contributed by atoms with E-state index >= 15 is 0 Å². The van der Waals surface area contributed by atoms with Crippen LogP contribution >= 0.6 is 23.2 Å². The summed E-state index contributed by atoms with van der Waals surface area (Å²) >= 11 is 11.7. The maximum absolute atomic E-state index is 11.6. The molecule has 1 N–H and O–H groups in total. The first-order valence-corrected chi connectivity index (χ1v) is 6.09. The van der Waals surface area contributed by atoms with Gasteiger partial charge in [-0.3, -0.25) is 4.79 Å². The van der Waals surface area contributed by atoms with Gasteiger partial charge in [-0.15, -0.1) is 0 Å². The highest BCUT2D eigenvalue weighted by molar-refractivity contribution is 6.34. The molecular weight excluding hydrogens is 259 g/mol. The lowest BCUT2D eigenvalue weighted by atomic mass is 10.1. The molecule has 1 rings (SSSR count). The van der Waals surface area contributed by atoms with Crippen molar-refractivity contribution in [2.75, 3.05) is 27.2 Å². The van der Waals surface area contributed by atoms with Crippen molar-refractivity contribution < 1.29 is 4.79 Å². The minimum Gasteiger partial charge on any atom is -0.355 e. The lowest BCUT2D eigenvalue weighted by molar-refractivity contribution is -0.120. The van der Waals surface area contributed by atoms with E-state index in [1.807, 2.05) is 19.0 Å². The molecule has 0 atom stereocenters. The molecule has 5 heteroatoms. The van der Waals surface area contributed by atoms with Crippen LogP contribution in [0.1, 0.15) is 5.56 Å². The van der Waals surface area contributed by atoms with E-state index < -0.39 is 0 Å². The summed E-state index contributed by atoms with van der Waals surface area (Å²) < 4.78 is 0. The molecule has 0 saturated heterocycles. The Labute approximate surface area is 112 Å². The highest BCUT2D eigenvalue weighted by Gasteiger charge is 2.05. The Kier molecular flexibility index (Phi) is 5.75. The summed E-state index contributed by atoms with van der Waals surface area (Å²) in [5.41, 5.74) is 0.824. The molecule has 0 saturated carbocycles. The van der Waals surface area contributed by atoms with Crippen LogP contribution in [0.25, 0.3) is 0 Å². The molecule has 0 aliphatic carbocycles. The van der Waals surface area contributed by atoms with Gasteiger partial charge in [-0.1, -0.05) is 23.2 Å². The number of likely N-dealkylation sites (N-methyl/N-ethyl adjacent to an activating group) is 1. The first-order valence-electron chi connectivity index (χ1n) is 5.34. The van der Waals surface area contributed by atoms with E-state index in [1.165, 1.54) is 0 Å². The van der Waals surface area contributed by atoms with Gasteiger partial charge < -0.3 is 10.2 Å². The van der Waals surface area contributed by atoms with Gasteiger partial charge >= 0.3 is 0 Å². The molecule has 0 bridgehead atoms. The normalized spacial score (nSPS) is 10.6. The van der Waals surface area contributed by atoms with Crippen molar-refractivity contribution in [3.05, 3.63) is 33.8 Å². The number of nitrogens with zero attached hydrogens (tertiary/aromatic N) is 1. The van der Waals surface area contributed by atoms with Gasteiger partial charge in [-0.2, -0.15) is 0 Å². The number of nitrogens with one attached hydrogen (secondary N) is 1. The molecule has 1 aromatic rings. The van der Waals surface area contributed by atoms with Crippen LogP contribution < -0.4 is 5.32 Å². The summed E-state index contributed by atoms with van der Waals surface area (Å²) in [5, 5.41) is 3.93. The number of hydrogen-bond donors (Lipinski definition) is 1. The van der Waals surface area contributed by atoms with Gasteiger partial charge in [0.25, 0.3) is 0 Å².